The number of benzene rings is 1. The third-order valence-electron chi connectivity index (χ3n) is 4.80. The third kappa shape index (κ3) is 2.53. The highest BCUT2D eigenvalue weighted by Crippen LogP contribution is 2.38. The van der Waals surface area contributed by atoms with Crippen LogP contribution in [0.2, 0.25) is 0 Å². The minimum absolute atomic E-state index is 0.219. The standard InChI is InChI=1S/C18H22N2O/c1-12-17(13(2)20(3)19-12)11-18(21)16-10-5-4-9-15(16)14-7-6-8-14/h4-5,9-10,14H,6-8,11H2,1-3H3. The van der Waals surface area contributed by atoms with Crippen LogP contribution in [0.25, 0.3) is 0 Å². The fourth-order valence-electron chi connectivity index (χ4n) is 3.16. The van der Waals surface area contributed by atoms with Gasteiger partial charge >= 0.3 is 0 Å². The van der Waals surface area contributed by atoms with Gasteiger partial charge in [-0.25, -0.2) is 0 Å². The molecule has 1 aromatic heterocycles. The zero-order valence-electron chi connectivity index (χ0n) is 13.0. The Balaban J connectivity index is 1.89. The van der Waals surface area contributed by atoms with Gasteiger partial charge in [-0.2, -0.15) is 5.10 Å². The molecule has 0 bridgehead atoms. The van der Waals surface area contributed by atoms with Gasteiger partial charge in [0.1, 0.15) is 0 Å². The van der Waals surface area contributed by atoms with Gasteiger partial charge in [0, 0.05) is 30.3 Å². The quantitative estimate of drug-likeness (QED) is 0.801. The summed E-state index contributed by atoms with van der Waals surface area (Å²) >= 11 is 0. The first-order valence-electron chi connectivity index (χ1n) is 7.69. The van der Waals surface area contributed by atoms with Crippen LogP contribution in [0.4, 0.5) is 0 Å². The largest absolute Gasteiger partial charge is 0.294 e. The van der Waals surface area contributed by atoms with Crippen molar-refractivity contribution in [2.45, 2.75) is 45.4 Å². The van der Waals surface area contributed by atoms with Crippen LogP contribution in [0.15, 0.2) is 24.3 Å². The summed E-state index contributed by atoms with van der Waals surface area (Å²) in [4.78, 5) is 12.8. The second kappa shape index (κ2) is 5.47. The van der Waals surface area contributed by atoms with Crippen LogP contribution in [0.3, 0.4) is 0 Å². The summed E-state index contributed by atoms with van der Waals surface area (Å²) in [6.07, 6.45) is 4.17. The number of hydrogen-bond acceptors (Lipinski definition) is 2. The van der Waals surface area contributed by atoms with Crippen LogP contribution < -0.4 is 0 Å². The first-order valence-corrected chi connectivity index (χ1v) is 7.69. The SMILES string of the molecule is Cc1nn(C)c(C)c1CC(=O)c1ccccc1C1CCC1. The van der Waals surface area contributed by atoms with Gasteiger partial charge in [-0.15, -0.1) is 0 Å². The highest BCUT2D eigenvalue weighted by atomic mass is 16.1. The van der Waals surface area contributed by atoms with Gasteiger partial charge in [0.2, 0.25) is 0 Å². The molecular weight excluding hydrogens is 260 g/mol. The molecule has 0 aliphatic heterocycles. The van der Waals surface area contributed by atoms with Crippen molar-refractivity contribution in [3.8, 4) is 0 Å². The van der Waals surface area contributed by atoms with E-state index in [1.165, 1.54) is 24.8 Å². The van der Waals surface area contributed by atoms with Crippen LogP contribution in [0.1, 0.15) is 58.1 Å². The van der Waals surface area contributed by atoms with Gasteiger partial charge in [0.05, 0.1) is 5.69 Å². The molecule has 3 heteroatoms. The molecule has 1 aliphatic carbocycles. The summed E-state index contributed by atoms with van der Waals surface area (Å²) in [7, 11) is 1.93. The van der Waals surface area contributed by atoms with Crippen molar-refractivity contribution < 1.29 is 4.79 Å². The fraction of sp³-hybridized carbons (Fsp3) is 0.444. The van der Waals surface area contributed by atoms with Crippen LogP contribution in [-0.4, -0.2) is 15.6 Å². The molecule has 0 radical (unpaired) electrons. The lowest BCUT2D eigenvalue weighted by Crippen LogP contribution is -2.15. The lowest BCUT2D eigenvalue weighted by Gasteiger charge is -2.27. The van der Waals surface area contributed by atoms with Gasteiger partial charge in [0.25, 0.3) is 0 Å². The molecular formula is C18H22N2O. The highest BCUT2D eigenvalue weighted by molar-refractivity contribution is 5.99. The Bertz CT molecular complexity index is 681. The summed E-state index contributed by atoms with van der Waals surface area (Å²) in [5.41, 5.74) is 5.27. The Labute approximate surface area is 126 Å². The molecule has 0 N–H and O–H groups in total. The van der Waals surface area contributed by atoms with Crippen LogP contribution in [-0.2, 0) is 13.5 Å². The van der Waals surface area contributed by atoms with E-state index in [1.807, 2.05) is 43.8 Å². The maximum absolute atomic E-state index is 12.8. The van der Waals surface area contributed by atoms with E-state index < -0.39 is 0 Å². The van der Waals surface area contributed by atoms with E-state index in [9.17, 15) is 4.79 Å². The van der Waals surface area contributed by atoms with Gasteiger partial charge in [-0.1, -0.05) is 30.7 Å². The van der Waals surface area contributed by atoms with Crippen molar-refractivity contribution in [3.63, 3.8) is 0 Å². The second-order valence-corrected chi connectivity index (χ2v) is 6.09. The molecule has 1 fully saturated rings. The minimum Gasteiger partial charge on any atom is -0.294 e. The first kappa shape index (κ1) is 14.1. The van der Waals surface area contributed by atoms with Crippen molar-refractivity contribution in [1.82, 2.24) is 9.78 Å². The molecule has 0 unspecified atom stereocenters. The number of aromatic nitrogens is 2. The first-order chi connectivity index (χ1) is 10.1. The van der Waals surface area contributed by atoms with Crippen molar-refractivity contribution in [2.75, 3.05) is 0 Å². The van der Waals surface area contributed by atoms with E-state index in [0.29, 0.717) is 12.3 Å². The number of carbonyl (C=O) groups excluding carboxylic acids is 1. The number of hydrogen-bond donors (Lipinski definition) is 0. The molecule has 0 amide bonds. The zero-order valence-corrected chi connectivity index (χ0v) is 13.0. The molecule has 3 nitrogen and oxygen atoms in total. The maximum Gasteiger partial charge on any atom is 0.167 e. The molecule has 0 atom stereocenters. The highest BCUT2D eigenvalue weighted by Gasteiger charge is 2.25. The van der Waals surface area contributed by atoms with Gasteiger partial charge in [-0.05, 0) is 38.2 Å². The van der Waals surface area contributed by atoms with E-state index in [4.69, 9.17) is 0 Å². The molecule has 0 spiro atoms. The maximum atomic E-state index is 12.8. The van der Waals surface area contributed by atoms with Gasteiger partial charge < -0.3 is 0 Å². The molecule has 0 saturated heterocycles. The Morgan fingerprint density at radius 3 is 2.57 bits per heavy atom. The lowest BCUT2D eigenvalue weighted by atomic mass is 9.77. The summed E-state index contributed by atoms with van der Waals surface area (Å²) in [5.74, 6) is 0.804. The molecule has 21 heavy (non-hydrogen) atoms. The van der Waals surface area contributed by atoms with E-state index in [1.54, 1.807) is 0 Å². The Hall–Kier alpha value is -1.90. The van der Waals surface area contributed by atoms with E-state index in [-0.39, 0.29) is 5.78 Å². The molecule has 3 rings (SSSR count). The van der Waals surface area contributed by atoms with Crippen molar-refractivity contribution in [2.24, 2.45) is 7.05 Å². The smallest absolute Gasteiger partial charge is 0.167 e. The Kier molecular flexibility index (Phi) is 3.66. The average Bonchev–Trinajstić information content (AvgIpc) is 2.64. The Morgan fingerprint density at radius 1 is 1.29 bits per heavy atom. The van der Waals surface area contributed by atoms with E-state index in [0.717, 1.165) is 22.5 Å². The summed E-state index contributed by atoms with van der Waals surface area (Å²) < 4.78 is 1.86. The van der Waals surface area contributed by atoms with Crippen LogP contribution >= 0.6 is 0 Å². The minimum atomic E-state index is 0.219. The summed E-state index contributed by atoms with van der Waals surface area (Å²) in [6.45, 7) is 4.01. The summed E-state index contributed by atoms with van der Waals surface area (Å²) in [6, 6.07) is 8.13. The van der Waals surface area contributed by atoms with E-state index >= 15 is 0 Å². The van der Waals surface area contributed by atoms with Gasteiger partial charge in [0.15, 0.2) is 5.78 Å². The molecule has 2 aromatic rings. The van der Waals surface area contributed by atoms with E-state index in [2.05, 4.69) is 11.2 Å². The molecule has 1 heterocycles. The number of ketones is 1. The monoisotopic (exact) mass is 282 g/mol. The third-order valence-corrected chi connectivity index (χ3v) is 4.80. The predicted octanol–water partition coefficient (Wildman–Crippen LogP) is 3.73. The number of carbonyl (C=O) groups is 1. The number of aryl methyl sites for hydroxylation is 2. The molecule has 110 valence electrons. The second-order valence-electron chi connectivity index (χ2n) is 6.09. The average molecular weight is 282 g/mol. The number of nitrogens with zero attached hydrogens (tertiary/aromatic N) is 2. The predicted molar refractivity (Wildman–Crippen MR) is 83.8 cm³/mol. The normalized spacial score (nSPS) is 15.0. The van der Waals surface area contributed by atoms with Crippen molar-refractivity contribution >= 4 is 5.78 Å². The fourth-order valence-corrected chi connectivity index (χ4v) is 3.16. The van der Waals surface area contributed by atoms with Crippen molar-refractivity contribution in [1.29, 1.82) is 0 Å². The topological polar surface area (TPSA) is 34.9 Å². The lowest BCUT2D eigenvalue weighted by molar-refractivity contribution is 0.0990. The van der Waals surface area contributed by atoms with Gasteiger partial charge in [-0.3, -0.25) is 9.48 Å². The molecule has 1 saturated carbocycles. The molecule has 1 aromatic carbocycles. The van der Waals surface area contributed by atoms with Crippen LogP contribution in [0.5, 0.6) is 0 Å². The molecule has 1 aliphatic rings. The summed E-state index contributed by atoms with van der Waals surface area (Å²) in [5, 5.41) is 4.41. The van der Waals surface area contributed by atoms with Crippen LogP contribution in [0, 0.1) is 13.8 Å². The zero-order chi connectivity index (χ0) is 15.0. The van der Waals surface area contributed by atoms with Crippen molar-refractivity contribution in [3.05, 3.63) is 52.3 Å². The Morgan fingerprint density at radius 2 is 2.00 bits per heavy atom. The number of rotatable bonds is 4. The number of Topliss-reactive ketones (excluding diaryl/α,β-unsaturated/α-hetero) is 1.